The molecule has 4 aromatic rings. The Labute approximate surface area is 201 Å². The van der Waals surface area contributed by atoms with Crippen LogP contribution in [0.2, 0.25) is 5.02 Å². The van der Waals surface area contributed by atoms with Crippen molar-refractivity contribution in [1.29, 1.82) is 0 Å². The van der Waals surface area contributed by atoms with Gasteiger partial charge in [-0.25, -0.2) is 14.4 Å². The predicted octanol–water partition coefficient (Wildman–Crippen LogP) is 5.75. The fourth-order valence-electron chi connectivity index (χ4n) is 4.44. The van der Waals surface area contributed by atoms with Crippen molar-refractivity contribution < 1.29 is 9.18 Å². The molecule has 2 aliphatic rings. The van der Waals surface area contributed by atoms with E-state index in [-0.39, 0.29) is 23.4 Å². The molecule has 6 nitrogen and oxygen atoms in total. The minimum Gasteiger partial charge on any atom is -0.377 e. The summed E-state index contributed by atoms with van der Waals surface area (Å²) in [4.78, 5) is 21.3. The van der Waals surface area contributed by atoms with Crippen molar-refractivity contribution in [2.24, 2.45) is 5.92 Å². The van der Waals surface area contributed by atoms with Crippen molar-refractivity contribution in [3.05, 3.63) is 88.7 Å². The number of hydrogen-bond acceptors (Lipinski definition) is 4. The van der Waals surface area contributed by atoms with E-state index in [4.69, 9.17) is 11.6 Å². The van der Waals surface area contributed by atoms with Gasteiger partial charge in [0, 0.05) is 29.4 Å². The number of pyridine rings is 2. The molecule has 6 rings (SSSR count). The van der Waals surface area contributed by atoms with Crippen molar-refractivity contribution in [3.8, 4) is 0 Å². The monoisotopic (exact) mass is 475 g/mol. The first-order valence-electron chi connectivity index (χ1n) is 11.5. The Balaban J connectivity index is 1.11. The molecule has 2 aliphatic carbocycles. The van der Waals surface area contributed by atoms with E-state index in [0.29, 0.717) is 23.3 Å². The molecule has 1 aromatic carbocycles. The number of carbonyl (C=O) groups is 1. The first-order chi connectivity index (χ1) is 16.5. The van der Waals surface area contributed by atoms with Crippen LogP contribution in [0.15, 0.2) is 61.1 Å². The van der Waals surface area contributed by atoms with Crippen LogP contribution in [0.25, 0.3) is 5.65 Å². The summed E-state index contributed by atoms with van der Waals surface area (Å²) in [5.41, 5.74) is 4.32. The minimum atomic E-state index is -0.485. The van der Waals surface area contributed by atoms with Gasteiger partial charge in [-0.3, -0.25) is 4.79 Å². The number of aromatic nitrogens is 3. The summed E-state index contributed by atoms with van der Waals surface area (Å²) < 4.78 is 16.4. The Morgan fingerprint density at radius 2 is 2.03 bits per heavy atom. The summed E-state index contributed by atoms with van der Waals surface area (Å²) >= 11 is 6.07. The van der Waals surface area contributed by atoms with E-state index in [1.54, 1.807) is 0 Å². The lowest BCUT2D eigenvalue weighted by Crippen LogP contribution is -2.16. The average Bonchev–Trinajstić information content (AvgIpc) is 3.75. The van der Waals surface area contributed by atoms with E-state index in [0.717, 1.165) is 29.5 Å². The van der Waals surface area contributed by atoms with Gasteiger partial charge in [-0.15, -0.1) is 0 Å². The molecular weight excluding hydrogens is 453 g/mol. The summed E-state index contributed by atoms with van der Waals surface area (Å²) in [5.74, 6) is 0.384. The molecule has 0 spiro atoms. The quantitative estimate of drug-likeness (QED) is 0.357. The number of imidazole rings is 1. The van der Waals surface area contributed by atoms with Crippen LogP contribution in [0.3, 0.4) is 0 Å². The molecule has 0 radical (unpaired) electrons. The average molecular weight is 476 g/mol. The van der Waals surface area contributed by atoms with E-state index in [9.17, 15) is 9.18 Å². The van der Waals surface area contributed by atoms with E-state index in [1.165, 1.54) is 24.5 Å². The molecule has 2 N–H and O–H groups in total. The number of amides is 1. The third kappa shape index (κ3) is 4.35. The van der Waals surface area contributed by atoms with Gasteiger partial charge in [0.15, 0.2) is 5.82 Å². The summed E-state index contributed by atoms with van der Waals surface area (Å²) in [6.45, 7) is 0.355. The summed E-state index contributed by atoms with van der Waals surface area (Å²) in [6.07, 6.45) is 8.45. The summed E-state index contributed by atoms with van der Waals surface area (Å²) in [5, 5.41) is 6.56. The molecule has 8 heteroatoms. The molecule has 3 heterocycles. The second-order valence-electron chi connectivity index (χ2n) is 9.13. The lowest BCUT2D eigenvalue weighted by molar-refractivity contribution is -0.117. The van der Waals surface area contributed by atoms with E-state index in [1.807, 2.05) is 40.9 Å². The Kier molecular flexibility index (Phi) is 5.21. The van der Waals surface area contributed by atoms with E-state index < -0.39 is 5.82 Å². The van der Waals surface area contributed by atoms with Crippen molar-refractivity contribution in [2.75, 3.05) is 10.6 Å². The number of fused-ring (bicyclic) bond motifs is 1. The lowest BCUT2D eigenvalue weighted by Gasteiger charge is -2.09. The standard InChI is InChI=1S/C26H23ClFN5O/c27-18-3-1-2-16(8-18)20-9-21(20)26(34)32-24-10-23(22(28)12-30-24)29-11-19-14-33-13-17(15-4-5-15)6-7-25(33)31-19/h1-3,6-8,10,12-15,20-21H,4-5,9,11H2,(H2,29,30,32,34). The first-order valence-corrected chi connectivity index (χ1v) is 11.8. The number of rotatable bonds is 7. The second kappa shape index (κ2) is 8.40. The van der Waals surface area contributed by atoms with Crippen LogP contribution < -0.4 is 10.6 Å². The Hall–Kier alpha value is -3.45. The number of anilines is 2. The molecule has 34 heavy (non-hydrogen) atoms. The zero-order valence-corrected chi connectivity index (χ0v) is 19.1. The highest BCUT2D eigenvalue weighted by Crippen LogP contribution is 2.48. The number of halogens is 2. The number of hydrogen-bond donors (Lipinski definition) is 2. The van der Waals surface area contributed by atoms with Gasteiger partial charge in [0.2, 0.25) is 5.91 Å². The van der Waals surface area contributed by atoms with E-state index in [2.05, 4.69) is 32.9 Å². The van der Waals surface area contributed by atoms with Crippen LogP contribution in [0, 0.1) is 11.7 Å². The smallest absolute Gasteiger partial charge is 0.229 e. The number of benzene rings is 1. The molecule has 2 atom stereocenters. The van der Waals surface area contributed by atoms with Gasteiger partial charge < -0.3 is 15.0 Å². The SMILES string of the molecule is O=C(Nc1cc(NCc2cn3cc(C4CC4)ccc3n2)c(F)cn1)C1CC1c1cccc(Cl)c1. The van der Waals surface area contributed by atoms with Crippen molar-refractivity contribution in [2.45, 2.75) is 37.6 Å². The molecule has 0 saturated heterocycles. The molecule has 2 unspecified atom stereocenters. The van der Waals surface area contributed by atoms with Gasteiger partial charge in [0.1, 0.15) is 11.5 Å². The largest absolute Gasteiger partial charge is 0.377 e. The molecule has 2 saturated carbocycles. The third-order valence-corrected chi connectivity index (χ3v) is 6.78. The fourth-order valence-corrected chi connectivity index (χ4v) is 4.64. The highest BCUT2D eigenvalue weighted by molar-refractivity contribution is 6.30. The van der Waals surface area contributed by atoms with E-state index >= 15 is 0 Å². The van der Waals surface area contributed by atoms with Crippen LogP contribution in [0.1, 0.15) is 47.9 Å². The van der Waals surface area contributed by atoms with Crippen LogP contribution in [0.4, 0.5) is 15.9 Å². The Bertz CT molecular complexity index is 1400. The maximum absolute atomic E-state index is 14.4. The van der Waals surface area contributed by atoms with Crippen LogP contribution in [-0.2, 0) is 11.3 Å². The second-order valence-corrected chi connectivity index (χ2v) is 9.57. The van der Waals surface area contributed by atoms with Crippen molar-refractivity contribution in [3.63, 3.8) is 0 Å². The molecular formula is C26H23ClFN5O. The van der Waals surface area contributed by atoms with Gasteiger partial charge in [-0.05, 0) is 60.4 Å². The van der Waals surface area contributed by atoms with Gasteiger partial charge in [-0.1, -0.05) is 29.8 Å². The van der Waals surface area contributed by atoms with Crippen LogP contribution in [-0.4, -0.2) is 20.3 Å². The normalized spacial score (nSPS) is 19.2. The lowest BCUT2D eigenvalue weighted by atomic mass is 10.1. The maximum atomic E-state index is 14.4. The summed E-state index contributed by atoms with van der Waals surface area (Å²) in [6, 6.07) is 13.2. The van der Waals surface area contributed by atoms with Crippen molar-refractivity contribution in [1.82, 2.24) is 14.4 Å². The first kappa shape index (κ1) is 21.1. The highest BCUT2D eigenvalue weighted by Gasteiger charge is 2.44. The minimum absolute atomic E-state index is 0.123. The summed E-state index contributed by atoms with van der Waals surface area (Å²) in [7, 11) is 0. The number of nitrogens with one attached hydrogen (secondary N) is 2. The zero-order valence-electron chi connectivity index (χ0n) is 18.3. The number of nitrogens with zero attached hydrogens (tertiary/aromatic N) is 3. The molecule has 0 bridgehead atoms. The van der Waals surface area contributed by atoms with Gasteiger partial charge in [0.25, 0.3) is 0 Å². The van der Waals surface area contributed by atoms with Gasteiger partial charge in [-0.2, -0.15) is 0 Å². The molecule has 172 valence electrons. The molecule has 2 fully saturated rings. The Morgan fingerprint density at radius 3 is 2.85 bits per heavy atom. The molecule has 0 aliphatic heterocycles. The van der Waals surface area contributed by atoms with Gasteiger partial charge in [0.05, 0.1) is 24.1 Å². The van der Waals surface area contributed by atoms with Gasteiger partial charge >= 0.3 is 0 Å². The van der Waals surface area contributed by atoms with Crippen LogP contribution >= 0.6 is 11.6 Å². The zero-order chi connectivity index (χ0) is 23.2. The molecule has 3 aromatic heterocycles. The maximum Gasteiger partial charge on any atom is 0.229 e. The molecule has 1 amide bonds. The third-order valence-electron chi connectivity index (χ3n) is 6.54. The predicted molar refractivity (Wildman–Crippen MR) is 130 cm³/mol. The number of carbonyl (C=O) groups excluding carboxylic acids is 1. The topological polar surface area (TPSA) is 71.3 Å². The Morgan fingerprint density at radius 1 is 1.15 bits per heavy atom. The van der Waals surface area contributed by atoms with Crippen molar-refractivity contribution >= 4 is 34.7 Å². The fraction of sp³-hybridized carbons (Fsp3) is 0.269. The highest BCUT2D eigenvalue weighted by atomic mass is 35.5. The van der Waals surface area contributed by atoms with Crippen LogP contribution in [0.5, 0.6) is 0 Å².